The summed E-state index contributed by atoms with van der Waals surface area (Å²) in [6.45, 7) is 0. The third kappa shape index (κ3) is 495. The Hall–Kier alpha value is 0.518. The third-order valence-electron chi connectivity index (χ3n) is 0. The Morgan fingerprint density at radius 3 is 1.43 bits per heavy atom. The van der Waals surface area contributed by atoms with Crippen molar-refractivity contribution in [3.05, 3.63) is 6.15 Å². The van der Waals surface area contributed by atoms with E-state index in [1.54, 1.807) is 0 Å². The van der Waals surface area contributed by atoms with Crippen molar-refractivity contribution in [1.82, 2.24) is 0 Å². The van der Waals surface area contributed by atoms with Gasteiger partial charge in [-0.2, -0.15) is 8.42 Å². The molecule has 5 N–H and O–H groups in total. The Morgan fingerprint density at radius 2 is 1.43 bits per heavy atom. The summed E-state index contributed by atoms with van der Waals surface area (Å²) in [5.74, 6) is 0. The molecule has 0 fully saturated rings. The topological polar surface area (TPSA) is 114 Å². The first-order chi connectivity index (χ1) is 2.00. The maximum atomic E-state index is 8.97. The van der Waals surface area contributed by atoms with Gasteiger partial charge < -0.3 is 6.15 Å². The average Bonchev–Trinajstić information content (AvgIpc) is 0.722. The van der Waals surface area contributed by atoms with Crippen LogP contribution in [-0.2, 0) is 31.4 Å². The third-order valence-corrected chi connectivity index (χ3v) is 0. The minimum Gasteiger partial charge on any atom is -0.693 e. The summed E-state index contributed by atoms with van der Waals surface area (Å²) in [6, 6.07) is 0. The van der Waals surface area contributed by atoms with Crippen LogP contribution in [0, 0.1) is 0 Å². The van der Waals surface area contributed by atoms with Gasteiger partial charge in [0.2, 0.25) is 0 Å². The van der Waals surface area contributed by atoms with Crippen LogP contribution in [0.25, 0.3) is 6.15 Å². The molecule has 0 spiro atoms. The van der Waals surface area contributed by atoms with Crippen LogP contribution >= 0.6 is 0 Å². The molecule has 0 atom stereocenters. The summed E-state index contributed by atoms with van der Waals surface area (Å²) < 4.78 is 25.2. The van der Waals surface area contributed by atoms with Crippen LogP contribution in [0.3, 0.4) is 0 Å². The van der Waals surface area contributed by atoms with Crippen molar-refractivity contribution in [1.29, 1.82) is 0 Å². The Balaban J connectivity index is -0.0000000800. The van der Waals surface area contributed by atoms with E-state index >= 15 is 0 Å². The molecule has 0 aromatic heterocycles. The molecule has 0 aliphatic heterocycles. The van der Waals surface area contributed by atoms with Crippen LogP contribution in [0.2, 0.25) is 0 Å². The van der Waals surface area contributed by atoms with Crippen LogP contribution in [0.4, 0.5) is 0 Å². The molecule has 5 nitrogen and oxygen atoms in total. The van der Waals surface area contributed by atoms with Crippen molar-refractivity contribution in [3.8, 4) is 0 Å². The first kappa shape index (κ1) is 15.6. The summed E-state index contributed by atoms with van der Waals surface area (Å²) in [6.07, 6.45) is 0. The maximum absolute atomic E-state index is 8.97. The SMILES string of the molecule is NS(=O)(=O)O.[NH2-].[Pt]. The van der Waals surface area contributed by atoms with Crippen molar-refractivity contribution in [3.63, 3.8) is 0 Å². The van der Waals surface area contributed by atoms with Crippen molar-refractivity contribution >= 4 is 10.3 Å². The summed E-state index contributed by atoms with van der Waals surface area (Å²) in [4.78, 5) is 0. The van der Waals surface area contributed by atoms with Crippen molar-refractivity contribution in [2.45, 2.75) is 0 Å². The van der Waals surface area contributed by atoms with E-state index in [4.69, 9.17) is 13.0 Å². The molecule has 50 valence electrons. The minimum absolute atomic E-state index is 0. The van der Waals surface area contributed by atoms with E-state index < -0.39 is 10.3 Å². The molecule has 0 rings (SSSR count). The van der Waals surface area contributed by atoms with Crippen LogP contribution in [-0.4, -0.2) is 13.0 Å². The van der Waals surface area contributed by atoms with Gasteiger partial charge in [-0.05, 0) is 0 Å². The number of hydrogen-bond acceptors (Lipinski definition) is 2. The molecule has 0 saturated carbocycles. The molecule has 0 radical (unpaired) electrons. The fourth-order valence-electron chi connectivity index (χ4n) is 0. The van der Waals surface area contributed by atoms with Gasteiger partial charge in [-0.3, -0.25) is 4.55 Å². The minimum atomic E-state index is -4.17. The summed E-state index contributed by atoms with van der Waals surface area (Å²) in [5, 5.41) is 3.88. The predicted octanol–water partition coefficient (Wildman–Crippen LogP) is -0.537. The molecule has 0 unspecified atom stereocenters. The summed E-state index contributed by atoms with van der Waals surface area (Å²) >= 11 is 0. The number of nitrogens with two attached hydrogens (primary N) is 2. The normalized spacial score (nSPS) is 8.29. The summed E-state index contributed by atoms with van der Waals surface area (Å²) in [7, 11) is -4.17. The molecule has 7 heteroatoms. The molecule has 0 aromatic carbocycles. The monoisotopic (exact) mass is 308 g/mol. The molecule has 0 heterocycles. The molecule has 0 aliphatic carbocycles. The van der Waals surface area contributed by atoms with Crippen LogP contribution in [0.1, 0.15) is 0 Å². The van der Waals surface area contributed by atoms with E-state index in [0.29, 0.717) is 0 Å². The quantitative estimate of drug-likeness (QED) is 0.586. The first-order valence-electron chi connectivity index (χ1n) is 0.752. The van der Waals surface area contributed by atoms with Gasteiger partial charge in [0.25, 0.3) is 0 Å². The molecular formula is H5N2O3PtS-. The zero-order valence-corrected chi connectivity index (χ0v) is 6.23. The van der Waals surface area contributed by atoms with Gasteiger partial charge in [-0.15, -0.1) is 0 Å². The fourth-order valence-corrected chi connectivity index (χ4v) is 0. The Kier molecular flexibility index (Phi) is 10.4. The molecule has 0 aliphatic rings. The van der Waals surface area contributed by atoms with Gasteiger partial charge in [0.15, 0.2) is 0 Å². The number of rotatable bonds is 0. The smallest absolute Gasteiger partial charge is 0.330 e. The van der Waals surface area contributed by atoms with Crippen LogP contribution in [0.5, 0.6) is 0 Å². The van der Waals surface area contributed by atoms with Gasteiger partial charge >= 0.3 is 10.3 Å². The Bertz CT molecular complexity index is 96.1. The van der Waals surface area contributed by atoms with Crippen molar-refractivity contribution in [2.24, 2.45) is 5.14 Å². The standard InChI is InChI=1S/H3NO3S.H2N.Pt/c1-5(2,3)4;;/h(H3,1,2,3,4);1H2;/q;-1;. The van der Waals surface area contributed by atoms with Crippen molar-refractivity contribution < 1.29 is 34.0 Å². The van der Waals surface area contributed by atoms with Crippen LogP contribution < -0.4 is 5.14 Å². The molecule has 7 heavy (non-hydrogen) atoms. The van der Waals surface area contributed by atoms with E-state index in [1.807, 2.05) is 0 Å². The van der Waals surface area contributed by atoms with E-state index in [-0.39, 0.29) is 27.2 Å². The van der Waals surface area contributed by atoms with E-state index in [2.05, 4.69) is 5.14 Å². The molecule has 0 saturated heterocycles. The van der Waals surface area contributed by atoms with Gasteiger partial charge in [-0.25, -0.2) is 5.14 Å². The zero-order chi connectivity index (χ0) is 4.50. The second kappa shape index (κ2) is 4.67. The van der Waals surface area contributed by atoms with Gasteiger partial charge in [0.1, 0.15) is 0 Å². The molecule has 0 aromatic rings. The Labute approximate surface area is 56.0 Å². The average molecular weight is 308 g/mol. The van der Waals surface area contributed by atoms with Gasteiger partial charge in [0.05, 0.1) is 0 Å². The Morgan fingerprint density at radius 1 is 1.43 bits per heavy atom. The van der Waals surface area contributed by atoms with Crippen LogP contribution in [0.15, 0.2) is 0 Å². The maximum Gasteiger partial charge on any atom is 0.330 e. The second-order valence-electron chi connectivity index (χ2n) is 0.515. The molecular weight excluding hydrogens is 303 g/mol. The van der Waals surface area contributed by atoms with E-state index in [9.17, 15) is 0 Å². The molecule has 0 amide bonds. The first-order valence-corrected chi connectivity index (χ1v) is 2.25. The van der Waals surface area contributed by atoms with Gasteiger partial charge in [0, 0.05) is 21.1 Å². The largest absolute Gasteiger partial charge is 0.693 e. The van der Waals surface area contributed by atoms with Gasteiger partial charge in [-0.1, -0.05) is 0 Å². The number of hydrogen-bond donors (Lipinski definition) is 2. The van der Waals surface area contributed by atoms with Crippen molar-refractivity contribution in [2.75, 3.05) is 0 Å². The van der Waals surface area contributed by atoms with E-state index in [1.165, 1.54) is 0 Å². The fraction of sp³-hybridized carbons (Fsp3) is 0. The zero-order valence-electron chi connectivity index (χ0n) is 3.14. The predicted molar refractivity (Wildman–Crippen MR) is 21.0 cm³/mol. The second-order valence-corrected chi connectivity index (χ2v) is 1.54. The summed E-state index contributed by atoms with van der Waals surface area (Å²) in [5.41, 5.74) is 0. The molecule has 0 bridgehead atoms. The van der Waals surface area contributed by atoms with E-state index in [0.717, 1.165) is 0 Å².